The standard InChI is InChI=1S/C19H25NO2S/c1-11(2)10-22-19(21)15(6)23-17-9-13(4)16-8-12(3)7-14(5)18(16)20-17/h7-9,11,15H,10H2,1-6H3. The Hall–Kier alpha value is -1.55. The molecule has 0 aliphatic heterocycles. The van der Waals surface area contributed by atoms with Gasteiger partial charge >= 0.3 is 5.97 Å². The van der Waals surface area contributed by atoms with Crippen molar-refractivity contribution < 1.29 is 9.53 Å². The Labute approximate surface area is 142 Å². The topological polar surface area (TPSA) is 39.2 Å². The first-order chi connectivity index (χ1) is 10.8. The summed E-state index contributed by atoms with van der Waals surface area (Å²) in [5.41, 5.74) is 4.61. The number of carbonyl (C=O) groups is 1. The van der Waals surface area contributed by atoms with Gasteiger partial charge in [0.15, 0.2) is 0 Å². The summed E-state index contributed by atoms with van der Waals surface area (Å²) in [5.74, 6) is 0.173. The van der Waals surface area contributed by atoms with E-state index in [1.54, 1.807) is 0 Å². The Morgan fingerprint density at radius 2 is 1.83 bits per heavy atom. The van der Waals surface area contributed by atoms with Gasteiger partial charge in [0.25, 0.3) is 0 Å². The number of rotatable bonds is 5. The van der Waals surface area contributed by atoms with Crippen LogP contribution >= 0.6 is 11.8 Å². The van der Waals surface area contributed by atoms with Crippen molar-refractivity contribution in [2.24, 2.45) is 5.92 Å². The third kappa shape index (κ3) is 4.47. The van der Waals surface area contributed by atoms with E-state index in [0.717, 1.165) is 10.5 Å². The molecule has 0 aliphatic carbocycles. The van der Waals surface area contributed by atoms with E-state index < -0.39 is 0 Å². The Morgan fingerprint density at radius 3 is 2.48 bits per heavy atom. The number of aromatic nitrogens is 1. The molecule has 0 fully saturated rings. The zero-order valence-electron chi connectivity index (χ0n) is 14.8. The lowest BCUT2D eigenvalue weighted by atomic mass is 10.0. The van der Waals surface area contributed by atoms with Crippen molar-refractivity contribution in [3.05, 3.63) is 34.9 Å². The summed E-state index contributed by atoms with van der Waals surface area (Å²) < 4.78 is 5.31. The van der Waals surface area contributed by atoms with Gasteiger partial charge in [-0.2, -0.15) is 0 Å². The molecule has 0 radical (unpaired) electrons. The zero-order chi connectivity index (χ0) is 17.1. The van der Waals surface area contributed by atoms with Crippen LogP contribution in [0.3, 0.4) is 0 Å². The third-order valence-corrected chi connectivity index (χ3v) is 4.62. The number of nitrogens with zero attached hydrogens (tertiary/aromatic N) is 1. The lowest BCUT2D eigenvalue weighted by molar-refractivity contribution is -0.143. The molecular formula is C19H25NO2S. The average molecular weight is 331 g/mol. The van der Waals surface area contributed by atoms with Crippen molar-refractivity contribution in [2.45, 2.75) is 51.8 Å². The van der Waals surface area contributed by atoms with E-state index in [9.17, 15) is 4.79 Å². The van der Waals surface area contributed by atoms with Crippen LogP contribution in [0.4, 0.5) is 0 Å². The summed E-state index contributed by atoms with van der Waals surface area (Å²) in [6.07, 6.45) is 0. The Bertz CT molecular complexity index is 725. The van der Waals surface area contributed by atoms with Crippen molar-refractivity contribution in [1.82, 2.24) is 4.98 Å². The van der Waals surface area contributed by atoms with E-state index in [1.807, 2.05) is 20.8 Å². The molecule has 0 bridgehead atoms. The van der Waals surface area contributed by atoms with Crippen LogP contribution in [0.15, 0.2) is 23.2 Å². The molecule has 1 unspecified atom stereocenters. The van der Waals surface area contributed by atoms with Gasteiger partial charge in [-0.25, -0.2) is 4.98 Å². The molecule has 0 N–H and O–H groups in total. The Balaban J connectivity index is 2.22. The molecule has 1 atom stereocenters. The maximum absolute atomic E-state index is 12.0. The summed E-state index contributed by atoms with van der Waals surface area (Å²) in [7, 11) is 0. The van der Waals surface area contributed by atoms with Gasteiger partial charge in [-0.15, -0.1) is 0 Å². The van der Waals surface area contributed by atoms with E-state index in [4.69, 9.17) is 9.72 Å². The number of benzene rings is 1. The number of hydrogen-bond acceptors (Lipinski definition) is 4. The van der Waals surface area contributed by atoms with Crippen molar-refractivity contribution in [2.75, 3.05) is 6.61 Å². The molecule has 0 spiro atoms. The van der Waals surface area contributed by atoms with Gasteiger partial charge in [-0.1, -0.05) is 37.2 Å². The fourth-order valence-corrected chi connectivity index (χ4v) is 3.39. The number of pyridine rings is 1. The minimum atomic E-state index is -0.260. The molecule has 4 heteroatoms. The first kappa shape index (κ1) is 17.8. The van der Waals surface area contributed by atoms with Crippen LogP contribution in [0.1, 0.15) is 37.5 Å². The monoisotopic (exact) mass is 331 g/mol. The van der Waals surface area contributed by atoms with Crippen molar-refractivity contribution >= 4 is 28.6 Å². The minimum Gasteiger partial charge on any atom is -0.465 e. The van der Waals surface area contributed by atoms with Gasteiger partial charge in [0.1, 0.15) is 5.25 Å². The summed E-state index contributed by atoms with van der Waals surface area (Å²) in [5, 5.41) is 1.79. The molecule has 3 nitrogen and oxygen atoms in total. The number of hydrogen-bond donors (Lipinski definition) is 0. The SMILES string of the molecule is Cc1cc(C)c2nc(SC(C)C(=O)OCC(C)C)cc(C)c2c1. The molecule has 0 saturated carbocycles. The molecule has 1 aromatic carbocycles. The van der Waals surface area contributed by atoms with Crippen LogP contribution in [0.2, 0.25) is 0 Å². The summed E-state index contributed by atoms with van der Waals surface area (Å²) in [6.45, 7) is 12.7. The van der Waals surface area contributed by atoms with E-state index in [-0.39, 0.29) is 11.2 Å². The molecule has 2 aromatic rings. The number of fused-ring (bicyclic) bond motifs is 1. The zero-order valence-corrected chi connectivity index (χ0v) is 15.6. The maximum atomic E-state index is 12.0. The molecule has 0 saturated heterocycles. The first-order valence-electron chi connectivity index (χ1n) is 7.99. The molecule has 124 valence electrons. The fraction of sp³-hybridized carbons (Fsp3) is 0.474. The van der Waals surface area contributed by atoms with E-state index in [0.29, 0.717) is 12.5 Å². The fourth-order valence-electron chi connectivity index (χ4n) is 2.47. The summed E-state index contributed by atoms with van der Waals surface area (Å²) in [4.78, 5) is 16.8. The smallest absolute Gasteiger partial charge is 0.319 e. The van der Waals surface area contributed by atoms with E-state index >= 15 is 0 Å². The van der Waals surface area contributed by atoms with Crippen molar-refractivity contribution in [1.29, 1.82) is 0 Å². The predicted molar refractivity (Wildman–Crippen MR) is 97.1 cm³/mol. The van der Waals surface area contributed by atoms with E-state index in [1.165, 1.54) is 33.8 Å². The second-order valence-electron chi connectivity index (χ2n) is 6.54. The number of thioether (sulfide) groups is 1. The maximum Gasteiger partial charge on any atom is 0.319 e. The molecule has 2 rings (SSSR count). The predicted octanol–water partition coefficient (Wildman–Crippen LogP) is 4.84. The Kier molecular flexibility index (Phi) is 5.69. The second-order valence-corrected chi connectivity index (χ2v) is 7.90. The summed E-state index contributed by atoms with van der Waals surface area (Å²) >= 11 is 1.46. The first-order valence-corrected chi connectivity index (χ1v) is 8.87. The minimum absolute atomic E-state index is 0.177. The van der Waals surface area contributed by atoms with Gasteiger partial charge in [0.05, 0.1) is 17.1 Å². The van der Waals surface area contributed by atoms with Gasteiger partial charge in [0.2, 0.25) is 0 Å². The second kappa shape index (κ2) is 7.35. The molecule has 23 heavy (non-hydrogen) atoms. The molecule has 0 amide bonds. The van der Waals surface area contributed by atoms with Gasteiger partial charge in [-0.05, 0) is 56.9 Å². The summed E-state index contributed by atoms with van der Waals surface area (Å²) in [6, 6.07) is 6.36. The molecule has 1 heterocycles. The van der Waals surface area contributed by atoms with Crippen LogP contribution in [-0.4, -0.2) is 22.8 Å². The third-order valence-electron chi connectivity index (χ3n) is 3.62. The van der Waals surface area contributed by atoms with E-state index in [2.05, 4.69) is 39.0 Å². The highest BCUT2D eigenvalue weighted by Gasteiger charge is 2.18. The van der Waals surface area contributed by atoms with Crippen molar-refractivity contribution in [3.63, 3.8) is 0 Å². The number of esters is 1. The van der Waals surface area contributed by atoms with Crippen LogP contribution in [0.5, 0.6) is 0 Å². The lowest BCUT2D eigenvalue weighted by Gasteiger charge is -2.14. The number of carbonyl (C=O) groups excluding carboxylic acids is 1. The highest BCUT2D eigenvalue weighted by atomic mass is 32.2. The number of ether oxygens (including phenoxy) is 1. The quantitative estimate of drug-likeness (QED) is 0.580. The highest BCUT2D eigenvalue weighted by Crippen LogP contribution is 2.29. The Morgan fingerprint density at radius 1 is 1.13 bits per heavy atom. The van der Waals surface area contributed by atoms with Gasteiger partial charge in [0, 0.05) is 5.39 Å². The highest BCUT2D eigenvalue weighted by molar-refractivity contribution is 8.00. The molecular weight excluding hydrogens is 306 g/mol. The van der Waals surface area contributed by atoms with Crippen LogP contribution in [0, 0.1) is 26.7 Å². The van der Waals surface area contributed by atoms with Gasteiger partial charge in [-0.3, -0.25) is 4.79 Å². The number of aryl methyl sites for hydroxylation is 3. The van der Waals surface area contributed by atoms with Crippen molar-refractivity contribution in [3.8, 4) is 0 Å². The van der Waals surface area contributed by atoms with Crippen LogP contribution in [-0.2, 0) is 9.53 Å². The lowest BCUT2D eigenvalue weighted by Crippen LogP contribution is -2.19. The largest absolute Gasteiger partial charge is 0.465 e. The van der Waals surface area contributed by atoms with Crippen LogP contribution in [0.25, 0.3) is 10.9 Å². The van der Waals surface area contributed by atoms with Gasteiger partial charge < -0.3 is 4.74 Å². The molecule has 0 aliphatic rings. The van der Waals surface area contributed by atoms with Crippen LogP contribution < -0.4 is 0 Å². The normalized spacial score (nSPS) is 12.7. The molecule has 1 aromatic heterocycles. The average Bonchev–Trinajstić information content (AvgIpc) is 2.46.